The first-order chi connectivity index (χ1) is 14.7. The molecular weight excluding hydrogens is 402 g/mol. The van der Waals surface area contributed by atoms with Gasteiger partial charge in [0.1, 0.15) is 5.75 Å². The number of halogens is 1. The molecule has 0 spiro atoms. The van der Waals surface area contributed by atoms with E-state index in [-0.39, 0.29) is 18.6 Å². The first-order valence-electron chi connectivity index (χ1n) is 10.5. The molecule has 0 aliphatic carbocycles. The van der Waals surface area contributed by atoms with Crippen molar-refractivity contribution in [2.45, 2.75) is 6.10 Å². The molecule has 0 saturated carbocycles. The number of rotatable bonds is 6. The molecule has 1 unspecified atom stereocenters. The molecule has 4 rings (SSSR count). The summed E-state index contributed by atoms with van der Waals surface area (Å²) in [6.07, 6.45) is 0.0431. The molecule has 2 aliphatic heterocycles. The molecule has 6 nitrogen and oxygen atoms in total. The molecule has 2 aromatic rings. The molecule has 160 valence electrons. The minimum Gasteiger partial charge on any atom is -0.484 e. The Morgan fingerprint density at radius 1 is 1.00 bits per heavy atom. The average Bonchev–Trinajstić information content (AvgIpc) is 2.80. The fourth-order valence-electron chi connectivity index (χ4n) is 3.94. The molecule has 0 radical (unpaired) electrons. The number of hydrogen-bond donors (Lipinski definition) is 0. The zero-order valence-electron chi connectivity index (χ0n) is 17.1. The number of nitrogens with zero attached hydrogens (tertiary/aromatic N) is 3. The molecule has 2 fully saturated rings. The maximum Gasteiger partial charge on any atom is 0.260 e. The van der Waals surface area contributed by atoms with Gasteiger partial charge < -0.3 is 19.3 Å². The number of hydrogen-bond acceptors (Lipinski definition) is 5. The maximum atomic E-state index is 12.6. The van der Waals surface area contributed by atoms with Crippen LogP contribution in [0.5, 0.6) is 5.75 Å². The van der Waals surface area contributed by atoms with Gasteiger partial charge in [-0.25, -0.2) is 0 Å². The monoisotopic (exact) mass is 429 g/mol. The number of para-hydroxylation sites is 1. The first-order valence-corrected chi connectivity index (χ1v) is 10.9. The van der Waals surface area contributed by atoms with Crippen molar-refractivity contribution in [3.63, 3.8) is 0 Å². The second kappa shape index (κ2) is 10.2. The molecule has 2 aliphatic rings. The summed E-state index contributed by atoms with van der Waals surface area (Å²) >= 11 is 5.88. The molecule has 2 heterocycles. The van der Waals surface area contributed by atoms with Gasteiger partial charge in [0.15, 0.2) is 6.61 Å². The zero-order valence-corrected chi connectivity index (χ0v) is 17.8. The molecule has 0 bridgehead atoms. The highest BCUT2D eigenvalue weighted by Crippen LogP contribution is 2.18. The summed E-state index contributed by atoms with van der Waals surface area (Å²) in [4.78, 5) is 19.3. The Labute approximate surface area is 182 Å². The molecule has 30 heavy (non-hydrogen) atoms. The van der Waals surface area contributed by atoms with Crippen molar-refractivity contribution >= 4 is 23.2 Å². The van der Waals surface area contributed by atoms with Gasteiger partial charge >= 0.3 is 0 Å². The fourth-order valence-corrected chi connectivity index (χ4v) is 4.06. The maximum absolute atomic E-state index is 12.6. The van der Waals surface area contributed by atoms with Crippen LogP contribution in [0.25, 0.3) is 0 Å². The van der Waals surface area contributed by atoms with Gasteiger partial charge in [0, 0.05) is 56.5 Å². The fraction of sp³-hybridized carbons (Fsp3) is 0.435. The van der Waals surface area contributed by atoms with E-state index >= 15 is 0 Å². The van der Waals surface area contributed by atoms with Gasteiger partial charge in [0.2, 0.25) is 0 Å². The SMILES string of the molecule is O=C(COc1ccc(Cl)cc1)N1CCOC(CN2CCN(c3ccccc3)CC2)C1. The van der Waals surface area contributed by atoms with Crippen molar-refractivity contribution in [2.24, 2.45) is 0 Å². The Morgan fingerprint density at radius 3 is 2.47 bits per heavy atom. The van der Waals surface area contributed by atoms with E-state index in [2.05, 4.69) is 34.1 Å². The summed E-state index contributed by atoms with van der Waals surface area (Å²) in [5.41, 5.74) is 1.28. The van der Waals surface area contributed by atoms with E-state index in [1.807, 2.05) is 11.0 Å². The minimum atomic E-state index is -0.00727. The Hall–Kier alpha value is -2.28. The van der Waals surface area contributed by atoms with Gasteiger partial charge in [0.25, 0.3) is 5.91 Å². The van der Waals surface area contributed by atoms with E-state index in [1.165, 1.54) is 5.69 Å². The number of anilines is 1. The van der Waals surface area contributed by atoms with Crippen LogP contribution in [0.2, 0.25) is 5.02 Å². The number of carbonyl (C=O) groups is 1. The zero-order chi connectivity index (χ0) is 20.8. The molecule has 1 amide bonds. The van der Waals surface area contributed by atoms with Gasteiger partial charge in [-0.15, -0.1) is 0 Å². The largest absolute Gasteiger partial charge is 0.484 e. The number of piperazine rings is 1. The van der Waals surface area contributed by atoms with Crippen LogP contribution in [-0.2, 0) is 9.53 Å². The van der Waals surface area contributed by atoms with Crippen molar-refractivity contribution < 1.29 is 14.3 Å². The predicted molar refractivity (Wildman–Crippen MR) is 118 cm³/mol. The molecule has 7 heteroatoms. The van der Waals surface area contributed by atoms with Crippen LogP contribution in [0.3, 0.4) is 0 Å². The van der Waals surface area contributed by atoms with Gasteiger partial charge in [-0.05, 0) is 36.4 Å². The smallest absolute Gasteiger partial charge is 0.260 e. The third-order valence-corrected chi connectivity index (χ3v) is 5.87. The Kier molecular flexibility index (Phi) is 7.10. The normalized spacial score (nSPS) is 20.2. The van der Waals surface area contributed by atoms with Crippen LogP contribution in [0.15, 0.2) is 54.6 Å². The van der Waals surface area contributed by atoms with Crippen molar-refractivity contribution in [2.75, 3.05) is 63.9 Å². The third kappa shape index (κ3) is 5.65. The minimum absolute atomic E-state index is 0.00727. The summed E-state index contributed by atoms with van der Waals surface area (Å²) in [7, 11) is 0. The van der Waals surface area contributed by atoms with E-state index in [4.69, 9.17) is 21.1 Å². The van der Waals surface area contributed by atoms with E-state index in [0.717, 1.165) is 32.7 Å². The second-order valence-electron chi connectivity index (χ2n) is 7.70. The lowest BCUT2D eigenvalue weighted by molar-refractivity contribution is -0.141. The van der Waals surface area contributed by atoms with E-state index in [9.17, 15) is 4.79 Å². The standard InChI is InChI=1S/C23H28ClN3O3/c24-19-6-8-21(9-7-19)30-18-23(28)27-14-15-29-22(17-27)16-25-10-12-26(13-11-25)20-4-2-1-3-5-20/h1-9,22H,10-18H2. The van der Waals surface area contributed by atoms with Crippen LogP contribution >= 0.6 is 11.6 Å². The second-order valence-corrected chi connectivity index (χ2v) is 8.13. The van der Waals surface area contributed by atoms with Crippen LogP contribution in [-0.4, -0.2) is 80.8 Å². The third-order valence-electron chi connectivity index (χ3n) is 5.62. The Morgan fingerprint density at radius 2 is 1.73 bits per heavy atom. The molecule has 1 atom stereocenters. The first kappa shape index (κ1) is 21.0. The highest BCUT2D eigenvalue weighted by molar-refractivity contribution is 6.30. The van der Waals surface area contributed by atoms with Crippen molar-refractivity contribution in [3.8, 4) is 5.75 Å². The number of morpholine rings is 1. The predicted octanol–water partition coefficient (Wildman–Crippen LogP) is 2.77. The highest BCUT2D eigenvalue weighted by Gasteiger charge is 2.27. The van der Waals surface area contributed by atoms with E-state index < -0.39 is 0 Å². The average molecular weight is 430 g/mol. The van der Waals surface area contributed by atoms with Gasteiger partial charge in [-0.3, -0.25) is 9.69 Å². The van der Waals surface area contributed by atoms with Crippen LogP contribution in [0.1, 0.15) is 0 Å². The molecular formula is C23H28ClN3O3. The van der Waals surface area contributed by atoms with Crippen LogP contribution < -0.4 is 9.64 Å². The molecule has 2 aromatic carbocycles. The Bertz CT molecular complexity index is 810. The Balaban J connectivity index is 1.21. The summed E-state index contributed by atoms with van der Waals surface area (Å²) < 4.78 is 11.6. The lowest BCUT2D eigenvalue weighted by Gasteiger charge is -2.40. The van der Waals surface area contributed by atoms with Gasteiger partial charge in [0.05, 0.1) is 12.7 Å². The van der Waals surface area contributed by atoms with E-state index in [1.54, 1.807) is 24.3 Å². The number of amides is 1. The van der Waals surface area contributed by atoms with E-state index in [0.29, 0.717) is 30.5 Å². The number of carbonyl (C=O) groups excluding carboxylic acids is 1. The van der Waals surface area contributed by atoms with Crippen molar-refractivity contribution in [3.05, 3.63) is 59.6 Å². The van der Waals surface area contributed by atoms with Gasteiger partial charge in [-0.2, -0.15) is 0 Å². The summed E-state index contributed by atoms with van der Waals surface area (Å²) in [6, 6.07) is 17.6. The van der Waals surface area contributed by atoms with Crippen LogP contribution in [0.4, 0.5) is 5.69 Å². The highest BCUT2D eigenvalue weighted by atomic mass is 35.5. The lowest BCUT2D eigenvalue weighted by Crippen LogP contribution is -2.54. The van der Waals surface area contributed by atoms with Gasteiger partial charge in [-0.1, -0.05) is 29.8 Å². The summed E-state index contributed by atoms with van der Waals surface area (Å²) in [5.74, 6) is 0.640. The van der Waals surface area contributed by atoms with Crippen molar-refractivity contribution in [1.29, 1.82) is 0 Å². The topological polar surface area (TPSA) is 45.2 Å². The van der Waals surface area contributed by atoms with Crippen molar-refractivity contribution in [1.82, 2.24) is 9.80 Å². The molecule has 0 aromatic heterocycles. The number of ether oxygens (including phenoxy) is 2. The summed E-state index contributed by atoms with van der Waals surface area (Å²) in [5, 5.41) is 0.647. The quantitative estimate of drug-likeness (QED) is 0.706. The van der Waals surface area contributed by atoms with Crippen LogP contribution in [0, 0.1) is 0 Å². The lowest BCUT2D eigenvalue weighted by atomic mass is 10.2. The number of benzene rings is 2. The molecule has 0 N–H and O–H groups in total. The summed E-state index contributed by atoms with van der Waals surface area (Å²) in [6.45, 7) is 6.70. The molecule has 2 saturated heterocycles.